The molecule has 3 nitrogen and oxygen atoms in total. The maximum absolute atomic E-state index is 8.94. The fourth-order valence-electron chi connectivity index (χ4n) is 2.39. The zero-order valence-corrected chi connectivity index (χ0v) is 13.6. The summed E-state index contributed by atoms with van der Waals surface area (Å²) in [5.41, 5.74) is 1.55. The van der Waals surface area contributed by atoms with Crippen LogP contribution in [0.3, 0.4) is 0 Å². The molecule has 0 spiro atoms. The molecule has 1 N–H and O–H groups in total. The lowest BCUT2D eigenvalue weighted by atomic mass is 10.0. The van der Waals surface area contributed by atoms with Crippen molar-refractivity contribution in [3.8, 4) is 5.75 Å². The van der Waals surface area contributed by atoms with E-state index in [1.165, 1.54) is 6.21 Å². The molecule has 3 aromatic rings. The van der Waals surface area contributed by atoms with Crippen LogP contribution < -0.4 is 4.74 Å². The summed E-state index contributed by atoms with van der Waals surface area (Å²) in [5, 5.41) is 15.2. The molecule has 0 bridgehead atoms. The smallest absolute Gasteiger partial charge is 0.129 e. The van der Waals surface area contributed by atoms with Crippen molar-refractivity contribution in [1.29, 1.82) is 0 Å². The van der Waals surface area contributed by atoms with Gasteiger partial charge in [0.05, 0.1) is 6.21 Å². The standard InChI is InChI=1S/C18H13Cl2NO2/c19-14-7-5-13(17(20)9-14)11-23-18-8-6-12-3-1-2-4-15(12)16(18)10-21-22/h1-10,22H,11H2/b21-10-. The van der Waals surface area contributed by atoms with Gasteiger partial charge in [0.15, 0.2) is 0 Å². The van der Waals surface area contributed by atoms with Crippen molar-refractivity contribution in [3.05, 3.63) is 75.8 Å². The predicted molar refractivity (Wildman–Crippen MR) is 94.1 cm³/mol. The van der Waals surface area contributed by atoms with E-state index in [4.69, 9.17) is 33.1 Å². The molecule has 0 amide bonds. The van der Waals surface area contributed by atoms with Crippen molar-refractivity contribution >= 4 is 40.2 Å². The second-order valence-electron chi connectivity index (χ2n) is 4.97. The summed E-state index contributed by atoms with van der Waals surface area (Å²) in [6.45, 7) is 0.292. The van der Waals surface area contributed by atoms with E-state index in [2.05, 4.69) is 5.16 Å². The van der Waals surface area contributed by atoms with Crippen LogP contribution in [0.5, 0.6) is 5.75 Å². The number of hydrogen-bond donors (Lipinski definition) is 1. The highest BCUT2D eigenvalue weighted by Crippen LogP contribution is 2.28. The van der Waals surface area contributed by atoms with Gasteiger partial charge in [0.25, 0.3) is 0 Å². The number of nitrogens with zero attached hydrogens (tertiary/aromatic N) is 1. The molecule has 0 saturated heterocycles. The third-order valence-electron chi connectivity index (χ3n) is 3.52. The minimum absolute atomic E-state index is 0.292. The van der Waals surface area contributed by atoms with E-state index in [1.807, 2.05) is 42.5 Å². The minimum atomic E-state index is 0.292. The number of halogens is 2. The molecule has 3 rings (SSSR count). The molecule has 0 aromatic heterocycles. The molecular formula is C18H13Cl2NO2. The number of oxime groups is 1. The van der Waals surface area contributed by atoms with Crippen LogP contribution >= 0.6 is 23.2 Å². The van der Waals surface area contributed by atoms with Crippen LogP contribution in [0, 0.1) is 0 Å². The van der Waals surface area contributed by atoms with E-state index in [9.17, 15) is 0 Å². The number of ether oxygens (including phenoxy) is 1. The molecule has 0 fully saturated rings. The van der Waals surface area contributed by atoms with Gasteiger partial charge in [0, 0.05) is 21.2 Å². The lowest BCUT2D eigenvalue weighted by Gasteiger charge is -2.12. The zero-order chi connectivity index (χ0) is 16.2. The molecule has 3 aromatic carbocycles. The summed E-state index contributed by atoms with van der Waals surface area (Å²) in [7, 11) is 0. The Hall–Kier alpha value is -2.23. The number of benzene rings is 3. The Bertz CT molecular complexity index is 878. The Morgan fingerprint density at radius 2 is 1.87 bits per heavy atom. The average Bonchev–Trinajstić information content (AvgIpc) is 2.55. The average molecular weight is 346 g/mol. The van der Waals surface area contributed by atoms with Crippen molar-refractivity contribution in [2.24, 2.45) is 5.16 Å². The second-order valence-corrected chi connectivity index (χ2v) is 5.81. The van der Waals surface area contributed by atoms with Gasteiger partial charge in [0.2, 0.25) is 0 Å². The fraction of sp³-hybridized carbons (Fsp3) is 0.0556. The number of hydrogen-bond acceptors (Lipinski definition) is 3. The van der Waals surface area contributed by atoms with Gasteiger partial charge in [-0.15, -0.1) is 0 Å². The topological polar surface area (TPSA) is 41.8 Å². The van der Waals surface area contributed by atoms with E-state index in [-0.39, 0.29) is 0 Å². The number of rotatable bonds is 4. The monoisotopic (exact) mass is 345 g/mol. The van der Waals surface area contributed by atoms with Crippen molar-refractivity contribution in [3.63, 3.8) is 0 Å². The molecule has 0 radical (unpaired) electrons. The lowest BCUT2D eigenvalue weighted by molar-refractivity contribution is 0.304. The van der Waals surface area contributed by atoms with E-state index >= 15 is 0 Å². The van der Waals surface area contributed by atoms with Gasteiger partial charge < -0.3 is 9.94 Å². The third kappa shape index (κ3) is 3.41. The summed E-state index contributed by atoms with van der Waals surface area (Å²) >= 11 is 12.1. The fourth-order valence-corrected chi connectivity index (χ4v) is 2.85. The first-order chi connectivity index (χ1) is 11.2. The van der Waals surface area contributed by atoms with E-state index < -0.39 is 0 Å². The van der Waals surface area contributed by atoms with Gasteiger partial charge in [-0.2, -0.15) is 0 Å². The maximum Gasteiger partial charge on any atom is 0.129 e. The van der Waals surface area contributed by atoms with E-state index in [0.717, 1.165) is 21.9 Å². The minimum Gasteiger partial charge on any atom is -0.488 e. The Balaban J connectivity index is 1.94. The molecule has 0 aliphatic carbocycles. The third-order valence-corrected chi connectivity index (χ3v) is 4.10. The van der Waals surface area contributed by atoms with E-state index in [1.54, 1.807) is 12.1 Å². The molecule has 5 heteroatoms. The van der Waals surface area contributed by atoms with Crippen LogP contribution in [0.2, 0.25) is 10.0 Å². The Labute approximate surface area is 143 Å². The van der Waals surface area contributed by atoms with E-state index in [0.29, 0.717) is 22.4 Å². The molecule has 0 unspecified atom stereocenters. The van der Waals surface area contributed by atoms with Gasteiger partial charge in [0.1, 0.15) is 12.4 Å². The largest absolute Gasteiger partial charge is 0.488 e. The Kier molecular flexibility index (Phi) is 4.70. The molecule has 23 heavy (non-hydrogen) atoms. The van der Waals surface area contributed by atoms with Crippen LogP contribution in [0.4, 0.5) is 0 Å². The molecule has 0 aliphatic heterocycles. The normalized spacial score (nSPS) is 11.2. The van der Waals surface area contributed by atoms with Crippen LogP contribution in [0.15, 0.2) is 59.8 Å². The predicted octanol–water partition coefficient (Wildman–Crippen LogP) is 5.53. The summed E-state index contributed by atoms with van der Waals surface area (Å²) in [4.78, 5) is 0. The summed E-state index contributed by atoms with van der Waals surface area (Å²) in [6.07, 6.45) is 1.38. The molecule has 0 aliphatic rings. The summed E-state index contributed by atoms with van der Waals surface area (Å²) in [6, 6.07) is 16.9. The Morgan fingerprint density at radius 1 is 1.04 bits per heavy atom. The van der Waals surface area contributed by atoms with Crippen molar-refractivity contribution < 1.29 is 9.94 Å². The molecule has 0 atom stereocenters. The molecule has 0 saturated carbocycles. The quantitative estimate of drug-likeness (QED) is 0.383. The van der Waals surface area contributed by atoms with Crippen LogP contribution in [0.25, 0.3) is 10.8 Å². The highest BCUT2D eigenvalue weighted by molar-refractivity contribution is 6.35. The molecular weight excluding hydrogens is 333 g/mol. The van der Waals surface area contributed by atoms with Crippen molar-refractivity contribution in [1.82, 2.24) is 0 Å². The highest BCUT2D eigenvalue weighted by Gasteiger charge is 2.09. The summed E-state index contributed by atoms with van der Waals surface area (Å²) in [5.74, 6) is 0.618. The van der Waals surface area contributed by atoms with Crippen molar-refractivity contribution in [2.75, 3.05) is 0 Å². The van der Waals surface area contributed by atoms with Gasteiger partial charge in [-0.1, -0.05) is 64.8 Å². The van der Waals surface area contributed by atoms with Gasteiger partial charge in [-0.3, -0.25) is 0 Å². The van der Waals surface area contributed by atoms with Crippen LogP contribution in [-0.2, 0) is 6.61 Å². The first kappa shape index (κ1) is 15.7. The van der Waals surface area contributed by atoms with Crippen molar-refractivity contribution in [2.45, 2.75) is 6.61 Å². The van der Waals surface area contributed by atoms with Gasteiger partial charge in [-0.05, 0) is 29.0 Å². The zero-order valence-electron chi connectivity index (χ0n) is 12.0. The lowest BCUT2D eigenvalue weighted by Crippen LogP contribution is -2.00. The SMILES string of the molecule is O/N=C\c1c(OCc2ccc(Cl)cc2Cl)ccc2ccccc12. The Morgan fingerprint density at radius 3 is 2.65 bits per heavy atom. The van der Waals surface area contributed by atoms with Gasteiger partial charge >= 0.3 is 0 Å². The maximum atomic E-state index is 8.94. The van der Waals surface area contributed by atoms with Crippen LogP contribution in [-0.4, -0.2) is 11.4 Å². The number of fused-ring (bicyclic) bond motifs is 1. The molecule has 0 heterocycles. The first-order valence-electron chi connectivity index (χ1n) is 6.95. The summed E-state index contributed by atoms with van der Waals surface area (Å²) < 4.78 is 5.87. The van der Waals surface area contributed by atoms with Crippen LogP contribution in [0.1, 0.15) is 11.1 Å². The molecule has 116 valence electrons. The second kappa shape index (κ2) is 6.90. The first-order valence-corrected chi connectivity index (χ1v) is 7.70. The van der Waals surface area contributed by atoms with Gasteiger partial charge in [-0.25, -0.2) is 0 Å². The highest BCUT2D eigenvalue weighted by atomic mass is 35.5.